The molecule has 0 bridgehead atoms. The van der Waals surface area contributed by atoms with Crippen molar-refractivity contribution >= 4 is 23.0 Å². The first-order chi connectivity index (χ1) is 10.2. The van der Waals surface area contributed by atoms with Crippen LogP contribution in [0.2, 0.25) is 0 Å². The fraction of sp³-hybridized carbons (Fsp3) is 0.400. The number of hydrogen-bond donors (Lipinski definition) is 1. The number of benzene rings is 1. The summed E-state index contributed by atoms with van der Waals surface area (Å²) in [5.41, 5.74) is 2.26. The Bertz CT molecular complexity index is 716. The first kappa shape index (κ1) is 13.4. The third kappa shape index (κ3) is 2.55. The number of methoxy groups -OCH3 is 1. The SMILES string of the molecule is COC(=O)C1CCCN(c2nc3ccc(C#N)cc3[nH]2)C1. The summed E-state index contributed by atoms with van der Waals surface area (Å²) in [4.78, 5) is 21.5. The molecule has 0 amide bonds. The number of nitriles is 1. The molecule has 1 fully saturated rings. The van der Waals surface area contributed by atoms with Crippen LogP contribution in [0.1, 0.15) is 18.4 Å². The second kappa shape index (κ2) is 5.44. The van der Waals surface area contributed by atoms with Crippen LogP contribution in [0, 0.1) is 17.2 Å². The van der Waals surface area contributed by atoms with Gasteiger partial charge >= 0.3 is 5.97 Å². The molecule has 2 heterocycles. The molecule has 0 spiro atoms. The first-order valence-electron chi connectivity index (χ1n) is 6.94. The van der Waals surface area contributed by atoms with E-state index in [1.165, 1.54) is 7.11 Å². The van der Waals surface area contributed by atoms with Gasteiger partial charge in [-0.05, 0) is 31.0 Å². The van der Waals surface area contributed by atoms with Crippen molar-refractivity contribution in [1.82, 2.24) is 9.97 Å². The Hall–Kier alpha value is -2.55. The number of aromatic nitrogens is 2. The van der Waals surface area contributed by atoms with E-state index in [4.69, 9.17) is 10.00 Å². The molecule has 6 heteroatoms. The lowest BCUT2D eigenvalue weighted by molar-refractivity contribution is -0.145. The van der Waals surface area contributed by atoms with E-state index in [9.17, 15) is 4.79 Å². The number of hydrogen-bond acceptors (Lipinski definition) is 5. The van der Waals surface area contributed by atoms with E-state index in [-0.39, 0.29) is 11.9 Å². The number of fused-ring (bicyclic) bond motifs is 1. The number of piperidine rings is 1. The van der Waals surface area contributed by atoms with Crippen molar-refractivity contribution in [3.8, 4) is 6.07 Å². The van der Waals surface area contributed by atoms with Gasteiger partial charge in [0.2, 0.25) is 5.95 Å². The summed E-state index contributed by atoms with van der Waals surface area (Å²) < 4.78 is 4.83. The van der Waals surface area contributed by atoms with Crippen LogP contribution >= 0.6 is 0 Å². The fourth-order valence-electron chi connectivity index (χ4n) is 2.74. The summed E-state index contributed by atoms with van der Waals surface area (Å²) in [7, 11) is 1.42. The van der Waals surface area contributed by atoms with Gasteiger partial charge in [0.15, 0.2) is 0 Å². The van der Waals surface area contributed by atoms with Crippen molar-refractivity contribution in [3.63, 3.8) is 0 Å². The maximum atomic E-state index is 11.7. The standard InChI is InChI=1S/C15H16N4O2/c1-21-14(20)11-3-2-6-19(9-11)15-17-12-5-4-10(8-16)7-13(12)18-15/h4-5,7,11H,2-3,6,9H2,1H3,(H,17,18). The van der Waals surface area contributed by atoms with Crippen LogP contribution < -0.4 is 4.90 Å². The molecule has 1 aromatic carbocycles. The summed E-state index contributed by atoms with van der Waals surface area (Å²) in [5, 5.41) is 8.93. The number of carbonyl (C=O) groups is 1. The number of rotatable bonds is 2. The molecule has 21 heavy (non-hydrogen) atoms. The largest absolute Gasteiger partial charge is 0.469 e. The minimum Gasteiger partial charge on any atom is -0.469 e. The highest BCUT2D eigenvalue weighted by Crippen LogP contribution is 2.24. The van der Waals surface area contributed by atoms with Gasteiger partial charge in [-0.2, -0.15) is 5.26 Å². The predicted molar refractivity (Wildman–Crippen MR) is 77.8 cm³/mol. The van der Waals surface area contributed by atoms with Crippen molar-refractivity contribution in [1.29, 1.82) is 5.26 Å². The molecule has 1 N–H and O–H groups in total. The molecule has 1 aliphatic rings. The highest BCUT2D eigenvalue weighted by molar-refractivity contribution is 5.79. The summed E-state index contributed by atoms with van der Waals surface area (Å²) in [6.07, 6.45) is 1.78. The Balaban J connectivity index is 1.86. The number of ether oxygens (including phenoxy) is 1. The van der Waals surface area contributed by atoms with Crippen molar-refractivity contribution in [3.05, 3.63) is 23.8 Å². The average molecular weight is 284 g/mol. The number of aromatic amines is 1. The van der Waals surface area contributed by atoms with Crippen molar-refractivity contribution in [2.75, 3.05) is 25.1 Å². The van der Waals surface area contributed by atoms with Crippen molar-refractivity contribution in [2.45, 2.75) is 12.8 Å². The van der Waals surface area contributed by atoms with Crippen LogP contribution in [0.5, 0.6) is 0 Å². The van der Waals surface area contributed by atoms with Gasteiger partial charge in [-0.15, -0.1) is 0 Å². The van der Waals surface area contributed by atoms with Crippen LogP contribution in [-0.2, 0) is 9.53 Å². The second-order valence-electron chi connectivity index (χ2n) is 5.21. The first-order valence-corrected chi connectivity index (χ1v) is 6.94. The van der Waals surface area contributed by atoms with Crippen LogP contribution in [0.4, 0.5) is 5.95 Å². The van der Waals surface area contributed by atoms with Gasteiger partial charge in [-0.1, -0.05) is 0 Å². The number of anilines is 1. The third-order valence-corrected chi connectivity index (χ3v) is 3.85. The van der Waals surface area contributed by atoms with E-state index < -0.39 is 0 Å². The zero-order chi connectivity index (χ0) is 14.8. The summed E-state index contributed by atoms with van der Waals surface area (Å²) in [5.74, 6) is 0.475. The van der Waals surface area contributed by atoms with Gasteiger partial charge < -0.3 is 14.6 Å². The molecule has 1 aliphatic heterocycles. The number of carbonyl (C=O) groups excluding carboxylic acids is 1. The molecule has 1 saturated heterocycles. The second-order valence-corrected chi connectivity index (χ2v) is 5.21. The van der Waals surface area contributed by atoms with Crippen molar-refractivity contribution < 1.29 is 9.53 Å². The van der Waals surface area contributed by atoms with E-state index >= 15 is 0 Å². The van der Waals surface area contributed by atoms with Crippen LogP contribution in [-0.4, -0.2) is 36.1 Å². The highest BCUT2D eigenvalue weighted by atomic mass is 16.5. The van der Waals surface area contributed by atoms with E-state index in [1.54, 1.807) is 12.1 Å². The van der Waals surface area contributed by atoms with Gasteiger partial charge in [0, 0.05) is 13.1 Å². The lowest BCUT2D eigenvalue weighted by Crippen LogP contribution is -2.39. The van der Waals surface area contributed by atoms with Gasteiger partial charge in [-0.3, -0.25) is 4.79 Å². The van der Waals surface area contributed by atoms with E-state index in [2.05, 4.69) is 20.9 Å². The smallest absolute Gasteiger partial charge is 0.310 e. The maximum absolute atomic E-state index is 11.7. The molecule has 2 aromatic rings. The van der Waals surface area contributed by atoms with Crippen molar-refractivity contribution in [2.24, 2.45) is 5.92 Å². The molecular weight excluding hydrogens is 268 g/mol. The molecule has 1 atom stereocenters. The minimum atomic E-state index is -0.164. The van der Waals surface area contributed by atoms with Crippen LogP contribution in [0.25, 0.3) is 11.0 Å². The van der Waals surface area contributed by atoms with E-state index in [0.717, 1.165) is 36.4 Å². The highest BCUT2D eigenvalue weighted by Gasteiger charge is 2.27. The molecule has 0 aliphatic carbocycles. The molecule has 6 nitrogen and oxygen atoms in total. The summed E-state index contributed by atoms with van der Waals surface area (Å²) in [6.45, 7) is 1.47. The lowest BCUT2D eigenvalue weighted by atomic mass is 9.98. The monoisotopic (exact) mass is 284 g/mol. The van der Waals surface area contributed by atoms with Crippen LogP contribution in [0.3, 0.4) is 0 Å². The topological polar surface area (TPSA) is 82.0 Å². The zero-order valence-electron chi connectivity index (χ0n) is 11.8. The van der Waals surface area contributed by atoms with E-state index in [1.807, 2.05) is 6.07 Å². The average Bonchev–Trinajstić information content (AvgIpc) is 2.97. The molecule has 3 rings (SSSR count). The van der Waals surface area contributed by atoms with Gasteiger partial charge in [-0.25, -0.2) is 4.98 Å². The molecular formula is C15H16N4O2. The molecule has 0 radical (unpaired) electrons. The number of esters is 1. The van der Waals surface area contributed by atoms with Gasteiger partial charge in [0.25, 0.3) is 0 Å². The Morgan fingerprint density at radius 1 is 1.57 bits per heavy atom. The Kier molecular flexibility index (Phi) is 3.48. The summed E-state index contributed by atoms with van der Waals surface area (Å²) >= 11 is 0. The Morgan fingerprint density at radius 2 is 2.43 bits per heavy atom. The predicted octanol–water partition coefficient (Wildman–Crippen LogP) is 1.82. The number of H-pyrrole nitrogens is 1. The maximum Gasteiger partial charge on any atom is 0.310 e. The molecule has 108 valence electrons. The zero-order valence-corrected chi connectivity index (χ0v) is 11.8. The third-order valence-electron chi connectivity index (χ3n) is 3.85. The molecule has 1 aromatic heterocycles. The quantitative estimate of drug-likeness (QED) is 0.851. The summed E-state index contributed by atoms with van der Waals surface area (Å²) in [6, 6.07) is 7.48. The number of nitrogens with zero attached hydrogens (tertiary/aromatic N) is 3. The minimum absolute atomic E-state index is 0.105. The normalized spacial score (nSPS) is 18.5. The fourth-order valence-corrected chi connectivity index (χ4v) is 2.74. The molecule has 0 saturated carbocycles. The van der Waals surface area contributed by atoms with E-state index in [0.29, 0.717) is 12.1 Å². The Morgan fingerprint density at radius 3 is 3.19 bits per heavy atom. The molecule has 1 unspecified atom stereocenters. The number of nitrogens with one attached hydrogen (secondary N) is 1. The van der Waals surface area contributed by atoms with Gasteiger partial charge in [0.05, 0.1) is 35.7 Å². The van der Waals surface area contributed by atoms with Gasteiger partial charge in [0.1, 0.15) is 0 Å². The Labute approximate surface area is 122 Å². The van der Waals surface area contributed by atoms with Crippen LogP contribution in [0.15, 0.2) is 18.2 Å². The number of imidazole rings is 1. The lowest BCUT2D eigenvalue weighted by Gasteiger charge is -2.30.